The summed E-state index contributed by atoms with van der Waals surface area (Å²) in [6, 6.07) is 7.26. The molecule has 0 aliphatic heterocycles. The lowest BCUT2D eigenvalue weighted by atomic mass is 10.2. The Kier molecular flexibility index (Phi) is 5.11. The third kappa shape index (κ3) is 4.05. The van der Waals surface area contributed by atoms with E-state index in [-0.39, 0.29) is 18.3 Å². The van der Waals surface area contributed by atoms with Crippen LogP contribution >= 0.6 is 11.3 Å². The Labute approximate surface area is 132 Å². The normalized spacial score (nSPS) is 10.1. The Morgan fingerprint density at radius 2 is 1.95 bits per heavy atom. The zero-order valence-electron chi connectivity index (χ0n) is 12.6. The molecular weight excluding hydrogens is 302 g/mol. The predicted octanol–water partition coefficient (Wildman–Crippen LogP) is 2.18. The first-order valence-electron chi connectivity index (χ1n) is 6.59. The van der Waals surface area contributed by atoms with Gasteiger partial charge in [0.15, 0.2) is 5.13 Å². The van der Waals surface area contributed by atoms with Crippen LogP contribution in [0.1, 0.15) is 16.1 Å². The van der Waals surface area contributed by atoms with Crippen LogP contribution < -0.4 is 10.2 Å². The minimum absolute atomic E-state index is 0.0976. The highest BCUT2D eigenvalue weighted by molar-refractivity contribution is 7.14. The third-order valence-electron chi connectivity index (χ3n) is 2.97. The summed E-state index contributed by atoms with van der Waals surface area (Å²) in [6.45, 7) is 0. The molecule has 1 amide bonds. The van der Waals surface area contributed by atoms with Gasteiger partial charge in [0, 0.05) is 30.7 Å². The van der Waals surface area contributed by atoms with Gasteiger partial charge in [0.2, 0.25) is 0 Å². The average molecular weight is 319 g/mol. The number of methoxy groups -OCH3 is 1. The van der Waals surface area contributed by atoms with Crippen molar-refractivity contribution in [1.29, 1.82) is 0 Å². The van der Waals surface area contributed by atoms with Crippen molar-refractivity contribution in [1.82, 2.24) is 4.98 Å². The van der Waals surface area contributed by atoms with E-state index in [2.05, 4.69) is 15.0 Å². The average Bonchev–Trinajstić information content (AvgIpc) is 2.94. The molecule has 0 spiro atoms. The predicted molar refractivity (Wildman–Crippen MR) is 86.6 cm³/mol. The highest BCUT2D eigenvalue weighted by atomic mass is 32.1. The van der Waals surface area contributed by atoms with Gasteiger partial charge in [-0.25, -0.2) is 4.98 Å². The Bertz CT molecular complexity index is 665. The van der Waals surface area contributed by atoms with E-state index in [0.29, 0.717) is 16.4 Å². The number of thiazole rings is 1. The summed E-state index contributed by atoms with van der Waals surface area (Å²) >= 11 is 1.27. The summed E-state index contributed by atoms with van der Waals surface area (Å²) < 4.78 is 4.58. The number of benzene rings is 1. The molecule has 116 valence electrons. The number of rotatable bonds is 5. The maximum atomic E-state index is 12.1. The number of amides is 1. The third-order valence-corrected chi connectivity index (χ3v) is 3.78. The first-order chi connectivity index (χ1) is 10.5. The summed E-state index contributed by atoms with van der Waals surface area (Å²) in [6.07, 6.45) is 0.0976. The number of aromatic nitrogens is 1. The van der Waals surface area contributed by atoms with Gasteiger partial charge in [0.1, 0.15) is 0 Å². The van der Waals surface area contributed by atoms with Crippen molar-refractivity contribution in [3.8, 4) is 0 Å². The van der Waals surface area contributed by atoms with E-state index in [0.717, 1.165) is 5.69 Å². The van der Waals surface area contributed by atoms with E-state index < -0.39 is 0 Å². The molecule has 1 heterocycles. The lowest BCUT2D eigenvalue weighted by Gasteiger charge is -2.12. The number of carbonyl (C=O) groups is 2. The van der Waals surface area contributed by atoms with Crippen LogP contribution in [0.5, 0.6) is 0 Å². The molecule has 0 radical (unpaired) electrons. The van der Waals surface area contributed by atoms with Gasteiger partial charge in [-0.1, -0.05) is 0 Å². The van der Waals surface area contributed by atoms with Crippen molar-refractivity contribution < 1.29 is 14.3 Å². The zero-order chi connectivity index (χ0) is 16.1. The van der Waals surface area contributed by atoms with Gasteiger partial charge in [-0.15, -0.1) is 11.3 Å². The van der Waals surface area contributed by atoms with Crippen LogP contribution in [0.2, 0.25) is 0 Å². The summed E-state index contributed by atoms with van der Waals surface area (Å²) in [4.78, 5) is 29.5. The summed E-state index contributed by atoms with van der Waals surface area (Å²) in [5, 5.41) is 4.90. The summed E-state index contributed by atoms with van der Waals surface area (Å²) in [5.41, 5.74) is 2.15. The van der Waals surface area contributed by atoms with Crippen LogP contribution in [0.15, 0.2) is 29.6 Å². The molecule has 22 heavy (non-hydrogen) atoms. The second-order valence-corrected chi connectivity index (χ2v) is 5.65. The largest absolute Gasteiger partial charge is 0.469 e. The molecule has 1 aromatic carbocycles. The minimum Gasteiger partial charge on any atom is -0.469 e. The maximum Gasteiger partial charge on any atom is 0.311 e. The molecule has 7 heteroatoms. The van der Waals surface area contributed by atoms with Crippen molar-refractivity contribution in [2.45, 2.75) is 6.42 Å². The quantitative estimate of drug-likeness (QED) is 0.855. The van der Waals surface area contributed by atoms with Gasteiger partial charge in [-0.05, 0) is 24.3 Å². The lowest BCUT2D eigenvalue weighted by Crippen LogP contribution is -2.13. The fraction of sp³-hybridized carbons (Fsp3) is 0.267. The smallest absolute Gasteiger partial charge is 0.311 e. The molecule has 2 rings (SSSR count). The number of hydrogen-bond donors (Lipinski definition) is 1. The lowest BCUT2D eigenvalue weighted by molar-refractivity contribution is -0.139. The molecule has 0 atom stereocenters. The first kappa shape index (κ1) is 16.0. The van der Waals surface area contributed by atoms with Crippen LogP contribution in [0.3, 0.4) is 0 Å². The number of nitrogens with one attached hydrogen (secondary N) is 1. The SMILES string of the molecule is COC(=O)Cc1csc(NC(=O)c2ccc(N(C)C)cc2)n1. The molecule has 0 aliphatic carbocycles. The number of ether oxygens (including phenoxy) is 1. The molecular formula is C15H17N3O3S. The molecule has 1 N–H and O–H groups in total. The number of anilines is 2. The van der Waals surface area contributed by atoms with E-state index in [4.69, 9.17) is 0 Å². The van der Waals surface area contributed by atoms with Crippen molar-refractivity contribution in [3.63, 3.8) is 0 Å². The zero-order valence-corrected chi connectivity index (χ0v) is 13.4. The highest BCUT2D eigenvalue weighted by Crippen LogP contribution is 2.18. The van der Waals surface area contributed by atoms with E-state index in [9.17, 15) is 9.59 Å². The molecule has 0 saturated carbocycles. The molecule has 0 bridgehead atoms. The molecule has 6 nitrogen and oxygen atoms in total. The summed E-state index contributed by atoms with van der Waals surface area (Å²) in [7, 11) is 5.20. The highest BCUT2D eigenvalue weighted by Gasteiger charge is 2.11. The Hall–Kier alpha value is -2.41. The van der Waals surface area contributed by atoms with Crippen LogP contribution in [0.25, 0.3) is 0 Å². The fourth-order valence-electron chi connectivity index (χ4n) is 1.75. The van der Waals surface area contributed by atoms with E-state index in [1.165, 1.54) is 18.4 Å². The van der Waals surface area contributed by atoms with Gasteiger partial charge >= 0.3 is 5.97 Å². The van der Waals surface area contributed by atoms with Crippen LogP contribution in [-0.2, 0) is 16.0 Å². The van der Waals surface area contributed by atoms with Crippen LogP contribution in [0, 0.1) is 0 Å². The van der Waals surface area contributed by atoms with Gasteiger partial charge in [0.05, 0.1) is 19.2 Å². The second-order valence-electron chi connectivity index (χ2n) is 4.79. The monoisotopic (exact) mass is 319 g/mol. The molecule has 0 fully saturated rings. The molecule has 0 saturated heterocycles. The minimum atomic E-state index is -0.359. The Morgan fingerprint density at radius 3 is 2.55 bits per heavy atom. The number of nitrogens with zero attached hydrogens (tertiary/aromatic N) is 2. The summed E-state index contributed by atoms with van der Waals surface area (Å²) in [5.74, 6) is -0.591. The number of hydrogen-bond acceptors (Lipinski definition) is 6. The first-order valence-corrected chi connectivity index (χ1v) is 7.47. The van der Waals surface area contributed by atoms with Gasteiger partial charge in [-0.2, -0.15) is 0 Å². The van der Waals surface area contributed by atoms with Gasteiger partial charge in [-0.3, -0.25) is 14.9 Å². The Balaban J connectivity index is 2.01. The standard InChI is InChI=1S/C15H17N3O3S/c1-18(2)12-6-4-10(5-7-12)14(20)17-15-16-11(9-22-15)8-13(19)21-3/h4-7,9H,8H2,1-3H3,(H,16,17,20). The second kappa shape index (κ2) is 7.04. The molecule has 2 aromatic rings. The molecule has 0 unspecified atom stereocenters. The van der Waals surface area contributed by atoms with Crippen LogP contribution in [0.4, 0.5) is 10.8 Å². The van der Waals surface area contributed by atoms with E-state index >= 15 is 0 Å². The van der Waals surface area contributed by atoms with Crippen molar-refractivity contribution in [3.05, 3.63) is 40.9 Å². The maximum absolute atomic E-state index is 12.1. The van der Waals surface area contributed by atoms with Crippen molar-refractivity contribution in [2.24, 2.45) is 0 Å². The topological polar surface area (TPSA) is 71.5 Å². The van der Waals surface area contributed by atoms with Crippen molar-refractivity contribution >= 4 is 34.0 Å². The van der Waals surface area contributed by atoms with Gasteiger partial charge < -0.3 is 9.64 Å². The number of esters is 1. The van der Waals surface area contributed by atoms with Crippen molar-refractivity contribution in [2.75, 3.05) is 31.4 Å². The number of carbonyl (C=O) groups excluding carboxylic acids is 2. The Morgan fingerprint density at radius 1 is 1.27 bits per heavy atom. The van der Waals surface area contributed by atoms with Crippen LogP contribution in [-0.4, -0.2) is 38.1 Å². The van der Waals surface area contributed by atoms with E-state index in [1.807, 2.05) is 31.1 Å². The van der Waals surface area contributed by atoms with E-state index in [1.54, 1.807) is 17.5 Å². The molecule has 1 aromatic heterocycles. The van der Waals surface area contributed by atoms with Gasteiger partial charge in [0.25, 0.3) is 5.91 Å². The fourth-order valence-corrected chi connectivity index (χ4v) is 2.45. The molecule has 0 aliphatic rings.